The Kier molecular flexibility index (Phi) is 10.9. The van der Waals surface area contributed by atoms with Crippen molar-refractivity contribution >= 4 is 11.9 Å². The number of hydrogen-bond acceptors (Lipinski definition) is 4. The lowest BCUT2D eigenvalue weighted by molar-refractivity contribution is -0.192. The molecule has 0 bridgehead atoms. The number of alkyl halides is 3. The molecule has 0 radical (unpaired) electrons. The highest BCUT2D eigenvalue weighted by Gasteiger charge is 2.38. The maximum absolute atomic E-state index is 13.1. The number of aliphatic carboxylic acids is 1. The molecule has 6 nitrogen and oxygen atoms in total. The van der Waals surface area contributed by atoms with E-state index in [1.807, 2.05) is 67.7 Å². The number of carbonyl (C=O) groups excluding carboxylic acids is 1. The van der Waals surface area contributed by atoms with Gasteiger partial charge in [0.15, 0.2) is 0 Å². The van der Waals surface area contributed by atoms with Gasteiger partial charge in [-0.25, -0.2) is 4.79 Å². The number of amides is 1. The highest BCUT2D eigenvalue weighted by Crippen LogP contribution is 2.37. The van der Waals surface area contributed by atoms with E-state index in [0.29, 0.717) is 18.9 Å². The lowest BCUT2D eigenvalue weighted by Gasteiger charge is -2.35. The molecule has 208 valence electrons. The molecule has 9 heteroatoms. The molecule has 3 aromatic rings. The summed E-state index contributed by atoms with van der Waals surface area (Å²) in [5.74, 6) is -1.35. The van der Waals surface area contributed by atoms with E-state index in [1.165, 1.54) is 24.8 Å². The van der Waals surface area contributed by atoms with Crippen molar-refractivity contribution in [2.24, 2.45) is 5.92 Å². The Hall–Kier alpha value is -3.85. The number of halogens is 3. The summed E-state index contributed by atoms with van der Waals surface area (Å²) in [5.41, 5.74) is 3.44. The zero-order chi connectivity index (χ0) is 28.3. The first kappa shape index (κ1) is 29.7. The number of benzene rings is 3. The monoisotopic (exact) mass is 542 g/mol. The average molecular weight is 543 g/mol. The summed E-state index contributed by atoms with van der Waals surface area (Å²) in [6.07, 6.45) is -0.853. The molecule has 1 saturated carbocycles. The smallest absolute Gasteiger partial charge is 0.489 e. The van der Waals surface area contributed by atoms with Crippen molar-refractivity contribution in [3.8, 4) is 5.75 Å². The third kappa shape index (κ3) is 9.44. The third-order valence-corrected chi connectivity index (χ3v) is 6.60. The van der Waals surface area contributed by atoms with Crippen molar-refractivity contribution < 1.29 is 32.6 Å². The van der Waals surface area contributed by atoms with Crippen molar-refractivity contribution in [1.29, 1.82) is 0 Å². The topological polar surface area (TPSA) is 87.7 Å². The lowest BCUT2D eigenvalue weighted by Crippen LogP contribution is -2.47. The van der Waals surface area contributed by atoms with E-state index in [4.69, 9.17) is 14.6 Å². The van der Waals surface area contributed by atoms with Gasteiger partial charge in [0.1, 0.15) is 12.4 Å². The molecular formula is C30H33F3N2O4. The zero-order valence-corrected chi connectivity index (χ0v) is 21.7. The number of hydrogen-bond donors (Lipinski definition) is 3. The summed E-state index contributed by atoms with van der Waals surface area (Å²) in [5, 5.41) is 13.7. The van der Waals surface area contributed by atoms with Crippen LogP contribution in [-0.2, 0) is 22.6 Å². The fourth-order valence-corrected chi connectivity index (χ4v) is 4.18. The van der Waals surface area contributed by atoms with Gasteiger partial charge in [0.05, 0.1) is 12.1 Å². The highest BCUT2D eigenvalue weighted by atomic mass is 19.4. The standard InChI is InChI=1S/C28H32N2O2.C2HF3O2/c1-29-26(28(31)30-27(24-13-8-14-24)23-11-6-3-7-12-23)19-21-15-17-25(18-16-21)32-20-22-9-4-2-5-10-22;3-2(4,5)1(6)7/h2-7,9-12,15-18,24,26-27,29H,8,13-14,19-20H2,1H3,(H,30,31);(H,6,7)/t26-,27?;/m0./s1. The molecule has 0 aromatic heterocycles. The van der Waals surface area contributed by atoms with E-state index in [0.717, 1.165) is 16.9 Å². The normalized spacial score (nSPS) is 14.7. The Bertz CT molecular complexity index is 1170. The van der Waals surface area contributed by atoms with Crippen LogP contribution in [0.5, 0.6) is 5.75 Å². The van der Waals surface area contributed by atoms with Gasteiger partial charge in [-0.2, -0.15) is 13.2 Å². The summed E-state index contributed by atoms with van der Waals surface area (Å²) >= 11 is 0. The van der Waals surface area contributed by atoms with Crippen LogP contribution in [0.3, 0.4) is 0 Å². The van der Waals surface area contributed by atoms with Crippen LogP contribution in [0.2, 0.25) is 0 Å². The minimum Gasteiger partial charge on any atom is -0.489 e. The van der Waals surface area contributed by atoms with Gasteiger partial charge in [-0.1, -0.05) is 79.2 Å². The lowest BCUT2D eigenvalue weighted by atomic mass is 9.77. The van der Waals surface area contributed by atoms with E-state index < -0.39 is 12.1 Å². The Morgan fingerprint density at radius 2 is 1.49 bits per heavy atom. The van der Waals surface area contributed by atoms with Gasteiger partial charge in [-0.3, -0.25) is 4.79 Å². The second kappa shape index (κ2) is 14.3. The molecule has 0 heterocycles. The van der Waals surface area contributed by atoms with E-state index in [1.54, 1.807) is 0 Å². The quantitative estimate of drug-likeness (QED) is 0.307. The van der Waals surface area contributed by atoms with Gasteiger partial charge >= 0.3 is 12.1 Å². The van der Waals surface area contributed by atoms with Crippen LogP contribution in [-0.4, -0.2) is 36.2 Å². The third-order valence-electron chi connectivity index (χ3n) is 6.60. The Morgan fingerprint density at radius 1 is 0.923 bits per heavy atom. The Labute approximate surface area is 226 Å². The molecule has 0 saturated heterocycles. The fraction of sp³-hybridized carbons (Fsp3) is 0.333. The van der Waals surface area contributed by atoms with Crippen LogP contribution in [0, 0.1) is 5.92 Å². The molecule has 0 aliphatic heterocycles. The van der Waals surface area contributed by atoms with Gasteiger partial charge in [0.25, 0.3) is 0 Å². The molecule has 4 rings (SSSR count). The number of rotatable bonds is 10. The van der Waals surface area contributed by atoms with Crippen molar-refractivity contribution in [2.45, 2.75) is 50.6 Å². The van der Waals surface area contributed by atoms with Crippen LogP contribution in [0.4, 0.5) is 13.2 Å². The van der Waals surface area contributed by atoms with Crippen molar-refractivity contribution in [3.63, 3.8) is 0 Å². The Balaban J connectivity index is 0.000000532. The van der Waals surface area contributed by atoms with Crippen LogP contribution in [0.25, 0.3) is 0 Å². The van der Waals surface area contributed by atoms with Crippen molar-refractivity contribution in [1.82, 2.24) is 10.6 Å². The van der Waals surface area contributed by atoms with E-state index in [-0.39, 0.29) is 18.0 Å². The van der Waals surface area contributed by atoms with Gasteiger partial charge in [0.2, 0.25) is 5.91 Å². The summed E-state index contributed by atoms with van der Waals surface area (Å²) in [6, 6.07) is 28.3. The SMILES string of the molecule is CN[C@@H](Cc1ccc(OCc2ccccc2)cc1)C(=O)NC(c1ccccc1)C1CCC1.O=C(O)C(F)(F)F. The average Bonchev–Trinajstić information content (AvgIpc) is 2.90. The van der Waals surface area contributed by atoms with Crippen LogP contribution in [0.15, 0.2) is 84.9 Å². The van der Waals surface area contributed by atoms with Crippen molar-refractivity contribution in [2.75, 3.05) is 7.05 Å². The molecule has 1 fully saturated rings. The number of likely N-dealkylation sites (N-methyl/N-ethyl adjacent to an activating group) is 1. The maximum Gasteiger partial charge on any atom is 0.490 e. The predicted molar refractivity (Wildman–Crippen MR) is 142 cm³/mol. The van der Waals surface area contributed by atoms with Gasteiger partial charge in [-0.15, -0.1) is 0 Å². The summed E-state index contributed by atoms with van der Waals surface area (Å²) in [7, 11) is 1.85. The van der Waals surface area contributed by atoms with Crippen LogP contribution >= 0.6 is 0 Å². The Morgan fingerprint density at radius 3 is 1.97 bits per heavy atom. The van der Waals surface area contributed by atoms with Gasteiger partial charge < -0.3 is 20.5 Å². The second-order valence-electron chi connectivity index (χ2n) is 9.35. The first-order valence-electron chi connectivity index (χ1n) is 12.8. The fourth-order valence-electron chi connectivity index (χ4n) is 4.18. The summed E-state index contributed by atoms with van der Waals surface area (Å²) < 4.78 is 37.6. The summed E-state index contributed by atoms with van der Waals surface area (Å²) in [6.45, 7) is 0.545. The number of ether oxygens (including phenoxy) is 1. The summed E-state index contributed by atoms with van der Waals surface area (Å²) in [4.78, 5) is 22.0. The van der Waals surface area contributed by atoms with E-state index >= 15 is 0 Å². The molecular weight excluding hydrogens is 509 g/mol. The second-order valence-corrected chi connectivity index (χ2v) is 9.35. The largest absolute Gasteiger partial charge is 0.490 e. The molecule has 1 aliphatic rings. The van der Waals surface area contributed by atoms with Crippen molar-refractivity contribution in [3.05, 3.63) is 102 Å². The highest BCUT2D eigenvalue weighted by molar-refractivity contribution is 5.82. The molecule has 3 N–H and O–H groups in total. The van der Waals surface area contributed by atoms with E-state index in [2.05, 4.69) is 34.9 Å². The first-order valence-corrected chi connectivity index (χ1v) is 12.8. The molecule has 3 aromatic carbocycles. The molecule has 0 spiro atoms. The van der Waals surface area contributed by atoms with Gasteiger partial charge in [0, 0.05) is 0 Å². The number of carboxylic acids is 1. The number of carbonyl (C=O) groups is 2. The minimum atomic E-state index is -5.08. The molecule has 1 unspecified atom stereocenters. The molecule has 1 amide bonds. The maximum atomic E-state index is 13.1. The molecule has 39 heavy (non-hydrogen) atoms. The van der Waals surface area contributed by atoms with Gasteiger partial charge in [-0.05, 0) is 61.1 Å². The molecule has 2 atom stereocenters. The number of nitrogens with one attached hydrogen (secondary N) is 2. The van der Waals surface area contributed by atoms with E-state index in [9.17, 15) is 18.0 Å². The molecule has 1 aliphatic carbocycles. The zero-order valence-electron chi connectivity index (χ0n) is 21.7. The predicted octanol–water partition coefficient (Wildman–Crippen LogP) is 5.69. The first-order chi connectivity index (χ1) is 18.7. The minimum absolute atomic E-state index is 0.0534. The number of carboxylic acid groups (broad SMARTS) is 1. The van der Waals surface area contributed by atoms with Crippen LogP contribution in [0.1, 0.15) is 42.0 Å². The van der Waals surface area contributed by atoms with Crippen LogP contribution < -0.4 is 15.4 Å².